The second-order valence-electron chi connectivity index (χ2n) is 37.2. The zero-order chi connectivity index (χ0) is 80.2. The van der Waals surface area contributed by atoms with Gasteiger partial charge in [0, 0.05) is 26.1 Å². The fourth-order valence-electron chi connectivity index (χ4n) is 22.0. The lowest BCUT2D eigenvalue weighted by molar-refractivity contribution is 0.00578. The Morgan fingerprint density at radius 2 is 0.381 bits per heavy atom. The van der Waals surface area contributed by atoms with Crippen molar-refractivity contribution in [1.29, 1.82) is 0 Å². The molecule has 0 radical (unpaired) electrons. The van der Waals surface area contributed by atoms with Crippen molar-refractivity contribution >= 4 is 158 Å². The average molecular weight is 1580 g/mol. The van der Waals surface area contributed by atoms with Crippen LogP contribution in [0.3, 0.4) is 0 Å². The van der Waals surface area contributed by atoms with E-state index in [1.165, 1.54) is 229 Å². The molecule has 1 saturated heterocycles. The smallest absolute Gasteiger partial charge is 0.399 e. The number of rotatable bonds is 2. The summed E-state index contributed by atoms with van der Waals surface area (Å²) < 4.78 is 13.9. The Hall–Kier alpha value is -12.0. The van der Waals surface area contributed by atoms with E-state index in [1.54, 1.807) is 0 Å². The van der Waals surface area contributed by atoms with Gasteiger partial charge < -0.3 is 9.31 Å². The van der Waals surface area contributed by atoms with Crippen LogP contribution in [0.2, 0.25) is 0 Å². The molecule has 1 aliphatic heterocycles. The lowest BCUT2D eigenvalue weighted by Crippen LogP contribution is -2.41. The molecule has 2 nitrogen and oxygen atoms in total. The van der Waals surface area contributed by atoms with E-state index in [2.05, 4.69) is 414 Å². The van der Waals surface area contributed by atoms with Gasteiger partial charge in [-0.1, -0.05) is 314 Å². The van der Waals surface area contributed by atoms with Gasteiger partial charge in [-0.25, -0.2) is 0 Å². The van der Waals surface area contributed by atoms with Crippen LogP contribution in [0.1, 0.15) is 128 Å². The summed E-state index contributed by atoms with van der Waals surface area (Å²) in [6.45, 7) is 27.5. The predicted octanol–water partition coefficient (Wildman–Crippen LogP) is 30.9. The minimum absolute atomic E-state index is 0.00458. The number of benzene rings is 20. The van der Waals surface area contributed by atoms with Crippen molar-refractivity contribution in [2.75, 3.05) is 0 Å². The van der Waals surface area contributed by atoms with Gasteiger partial charge in [0.15, 0.2) is 0 Å². The summed E-state index contributed by atoms with van der Waals surface area (Å²) in [4.78, 5) is 0. The molecule has 20 aromatic rings. The normalized spacial score (nSPS) is 16.2. The monoisotopic (exact) mass is 1580 g/mol. The van der Waals surface area contributed by atoms with Crippen molar-refractivity contribution in [1.82, 2.24) is 0 Å². The Bertz CT molecular complexity index is 7660. The maximum Gasteiger partial charge on any atom is 0.494 e. The average Bonchev–Trinajstić information content (AvgIpc) is 1.54. The molecule has 4 aliphatic carbocycles. The second-order valence-corrected chi connectivity index (χ2v) is 38.2. The molecule has 1 fully saturated rings. The maximum atomic E-state index is 6.39. The third kappa shape index (κ3) is 10.1. The molecule has 0 amide bonds. The molecule has 0 atom stereocenters. The molecular weight excluding hydrogens is 1490 g/mol. The fraction of sp³-hybridized carbons (Fsp3) is 0.158. The lowest BCUT2D eigenvalue weighted by Gasteiger charge is -2.32. The number of fused-ring (bicyclic) bond motifs is 36. The molecule has 0 spiro atoms. The molecule has 5 aliphatic rings. The Morgan fingerprint density at radius 3 is 0.636 bits per heavy atom. The van der Waals surface area contributed by atoms with E-state index in [9.17, 15) is 0 Å². The summed E-state index contributed by atoms with van der Waals surface area (Å²) in [5.41, 5.74) is 24.6. The molecule has 0 bridgehead atoms. The molecule has 25 rings (SSSR count). The van der Waals surface area contributed by atoms with Crippen LogP contribution in [0.25, 0.3) is 185 Å². The summed E-state index contributed by atoms with van der Waals surface area (Å²) in [5.74, 6) is 0. The van der Waals surface area contributed by atoms with E-state index in [0.717, 1.165) is 9.94 Å². The molecule has 0 saturated carbocycles. The van der Waals surface area contributed by atoms with Crippen molar-refractivity contribution < 1.29 is 9.31 Å². The summed E-state index contributed by atoms with van der Waals surface area (Å²) in [7, 11) is -0.355. The molecule has 0 N–H and O–H groups in total. The van der Waals surface area contributed by atoms with Gasteiger partial charge in [-0.05, 0) is 335 Å². The fourth-order valence-corrected chi connectivity index (χ4v) is 22.4. The van der Waals surface area contributed by atoms with Crippen LogP contribution in [0.15, 0.2) is 320 Å². The van der Waals surface area contributed by atoms with Crippen LogP contribution in [0, 0.1) is 0 Å². The molecule has 0 aromatic heterocycles. The molecule has 118 heavy (non-hydrogen) atoms. The van der Waals surface area contributed by atoms with Gasteiger partial charge in [0.1, 0.15) is 0 Å². The quantitative estimate of drug-likeness (QED) is 0.127. The van der Waals surface area contributed by atoms with Crippen LogP contribution in [0.4, 0.5) is 0 Å². The van der Waals surface area contributed by atoms with Crippen molar-refractivity contribution in [3.63, 3.8) is 0 Å². The standard InChI is InChI=1S/C54H38.C33H31BO2.C27H19Br/c1-53(2)49-25-31(21-23-41(49)47-27-43-37-17-9-5-13-33(37)35-15-7-11-19-39(35)45(43)29-51(47)53)32-22-24-42-48-28-44-38-18-10-6-14-34(38)36-16-8-12-20-40(36)46(44)30-52(48)54(3,4)50(42)26-32;1-31(2)29-17-20(34-35-32(3,4)33(5,6)36-34)15-16-25(29)28-18-26-23-13-9-7-11-21(23)22-12-8-10-14-24(22)27(26)19-30(28)31;1-27(2)25-13-16(28)11-12-21(25)24-14-22-19-9-5-3-7-17(19)18-8-4-6-10-20(18)23(22)15-26(24)27/h5-30H,1-4H3;7-19H,1-6H3;3-15H,1-2H3. The highest BCUT2D eigenvalue weighted by molar-refractivity contribution is 9.10. The van der Waals surface area contributed by atoms with Crippen molar-refractivity contribution in [2.24, 2.45) is 0 Å². The minimum Gasteiger partial charge on any atom is -0.399 e. The number of hydrogen-bond donors (Lipinski definition) is 0. The first-order valence-electron chi connectivity index (χ1n) is 42.0. The summed E-state index contributed by atoms with van der Waals surface area (Å²) in [6.07, 6.45) is 0. The molecule has 4 heteroatoms. The highest BCUT2D eigenvalue weighted by atomic mass is 79.9. The minimum atomic E-state index is -0.355. The SMILES string of the molecule is CC1(C)c2cc(-c3ccc4c(c3)C(C)(C)c3cc5c6ccccc6c6ccccc6c5cc3-4)ccc2-c2cc3c4ccccc4c4ccccc4c3cc21.CC1(C)c2cc(B3OC(C)(C)C(C)(C)O3)ccc2-c2cc3c4ccccc4c4ccccc4c3cc21.CC1(C)c2cc(Br)ccc2-c2cc3c4ccccc4c4ccccc4c3cc21. The summed E-state index contributed by atoms with van der Waals surface area (Å²) in [6, 6.07) is 119. The summed E-state index contributed by atoms with van der Waals surface area (Å²) in [5, 5.41) is 31.9. The van der Waals surface area contributed by atoms with E-state index in [0.29, 0.717) is 0 Å². The van der Waals surface area contributed by atoms with Gasteiger partial charge in [-0.3, -0.25) is 0 Å². The maximum absolute atomic E-state index is 6.39. The molecule has 0 unspecified atom stereocenters. The third-order valence-corrected chi connectivity index (χ3v) is 29.5. The van der Waals surface area contributed by atoms with Crippen molar-refractivity contribution in [3.8, 4) is 55.6 Å². The Labute approximate surface area is 698 Å². The Balaban J connectivity index is 0.000000111. The number of hydrogen-bond acceptors (Lipinski definition) is 2. The number of halogens is 1. The van der Waals surface area contributed by atoms with Gasteiger partial charge in [-0.15, -0.1) is 0 Å². The van der Waals surface area contributed by atoms with Gasteiger partial charge in [0.05, 0.1) is 11.2 Å². The van der Waals surface area contributed by atoms with Crippen LogP contribution < -0.4 is 5.46 Å². The van der Waals surface area contributed by atoms with Crippen LogP contribution in [0.5, 0.6) is 0 Å². The van der Waals surface area contributed by atoms with Gasteiger partial charge in [0.25, 0.3) is 0 Å². The second kappa shape index (κ2) is 25.0. The largest absolute Gasteiger partial charge is 0.494 e. The van der Waals surface area contributed by atoms with Gasteiger partial charge >= 0.3 is 7.12 Å². The van der Waals surface area contributed by atoms with Gasteiger partial charge in [0.2, 0.25) is 0 Å². The first kappa shape index (κ1) is 71.3. The molecular formula is C114H88BBrO2. The van der Waals surface area contributed by atoms with Crippen LogP contribution in [-0.2, 0) is 31.0 Å². The lowest BCUT2D eigenvalue weighted by atomic mass is 9.74. The molecule has 20 aromatic carbocycles. The van der Waals surface area contributed by atoms with E-state index in [1.807, 2.05) is 0 Å². The van der Waals surface area contributed by atoms with Gasteiger partial charge in [-0.2, -0.15) is 0 Å². The highest BCUT2D eigenvalue weighted by Crippen LogP contribution is 2.58. The molecule has 1 heterocycles. The predicted molar refractivity (Wildman–Crippen MR) is 509 cm³/mol. The first-order chi connectivity index (χ1) is 56.9. The van der Waals surface area contributed by atoms with E-state index in [-0.39, 0.29) is 40.0 Å². The highest BCUT2D eigenvalue weighted by Gasteiger charge is 2.52. The van der Waals surface area contributed by atoms with Crippen LogP contribution in [-0.4, -0.2) is 18.3 Å². The zero-order valence-electron chi connectivity index (χ0n) is 68.8. The summed E-state index contributed by atoms with van der Waals surface area (Å²) >= 11 is 3.67. The Kier molecular flexibility index (Phi) is 15.1. The Morgan fingerprint density at radius 1 is 0.186 bits per heavy atom. The van der Waals surface area contributed by atoms with Crippen molar-refractivity contribution in [3.05, 3.63) is 364 Å². The topological polar surface area (TPSA) is 18.5 Å². The zero-order valence-corrected chi connectivity index (χ0v) is 70.4. The van der Waals surface area contributed by atoms with E-state index in [4.69, 9.17) is 9.31 Å². The third-order valence-electron chi connectivity index (χ3n) is 29.0. The van der Waals surface area contributed by atoms with Crippen LogP contribution >= 0.6 is 15.9 Å². The first-order valence-corrected chi connectivity index (χ1v) is 42.8. The van der Waals surface area contributed by atoms with E-state index < -0.39 is 0 Å². The van der Waals surface area contributed by atoms with E-state index >= 15 is 0 Å². The molecule has 566 valence electrons. The van der Waals surface area contributed by atoms with Crippen molar-refractivity contribution in [2.45, 2.75) is 116 Å².